The third-order valence-electron chi connectivity index (χ3n) is 6.45. The Kier molecular flexibility index (Phi) is 12.8. The van der Waals surface area contributed by atoms with Crippen LogP contribution in [0, 0.1) is 0 Å². The molecule has 2 N–H and O–H groups in total. The zero-order valence-electron chi connectivity index (χ0n) is 24.1. The standard InChI is InChI=1S/C31H38N4O6S/c1-36-25-13-9-23(10-14-25)21-38-28-19-27(33-20-29(28)39-22-24-11-15-26(37-2)16-12-24)30-34-35-31(41-30)42-18-8-6-4-3-5-7-17-40-32/h9-16,19-20H,3-8,17-18,21-22,32H2,1-2H3. The third kappa shape index (κ3) is 9.93. The van der Waals surface area contributed by atoms with Crippen LogP contribution in [0.4, 0.5) is 0 Å². The SMILES string of the molecule is COc1ccc(COc2cnc(-c3nnc(SCCCCCCCCON)o3)cc2OCc2ccc(OC)cc2)cc1. The lowest BCUT2D eigenvalue weighted by molar-refractivity contribution is 0.133. The Morgan fingerprint density at radius 1 is 0.738 bits per heavy atom. The molecule has 2 heterocycles. The minimum absolute atomic E-state index is 0.329. The summed E-state index contributed by atoms with van der Waals surface area (Å²) in [4.78, 5) is 9.13. The van der Waals surface area contributed by atoms with Crippen molar-refractivity contribution in [1.82, 2.24) is 15.2 Å². The quantitative estimate of drug-likeness (QED) is 0.0714. The number of aromatic nitrogens is 3. The van der Waals surface area contributed by atoms with Crippen molar-refractivity contribution in [2.24, 2.45) is 5.90 Å². The van der Waals surface area contributed by atoms with E-state index in [0.717, 1.165) is 54.1 Å². The van der Waals surface area contributed by atoms with Crippen LogP contribution < -0.4 is 24.8 Å². The Balaban J connectivity index is 1.37. The molecule has 0 bridgehead atoms. The van der Waals surface area contributed by atoms with E-state index in [1.807, 2.05) is 48.5 Å². The molecule has 0 amide bonds. The smallest absolute Gasteiger partial charge is 0.276 e. The average Bonchev–Trinajstić information content (AvgIpc) is 3.51. The topological polar surface area (TPSA) is 124 Å². The molecule has 0 fully saturated rings. The van der Waals surface area contributed by atoms with E-state index in [0.29, 0.717) is 48.1 Å². The second-order valence-corrected chi connectivity index (χ2v) is 10.5. The van der Waals surface area contributed by atoms with Gasteiger partial charge in [-0.15, -0.1) is 10.2 Å². The van der Waals surface area contributed by atoms with Gasteiger partial charge in [0.05, 0.1) is 27.0 Å². The lowest BCUT2D eigenvalue weighted by atomic mass is 10.1. The van der Waals surface area contributed by atoms with Gasteiger partial charge in [0, 0.05) is 11.8 Å². The van der Waals surface area contributed by atoms with Gasteiger partial charge in [-0.2, -0.15) is 0 Å². The molecule has 0 unspecified atom stereocenters. The monoisotopic (exact) mass is 594 g/mol. The number of thioether (sulfide) groups is 1. The number of ether oxygens (including phenoxy) is 4. The maximum Gasteiger partial charge on any atom is 0.276 e. The Labute approximate surface area is 250 Å². The van der Waals surface area contributed by atoms with Crippen molar-refractivity contribution >= 4 is 11.8 Å². The molecule has 0 aliphatic rings. The molecule has 224 valence electrons. The van der Waals surface area contributed by atoms with E-state index >= 15 is 0 Å². The molecule has 2 aromatic heterocycles. The lowest BCUT2D eigenvalue weighted by Crippen LogP contribution is -2.02. The van der Waals surface area contributed by atoms with Crippen molar-refractivity contribution in [3.8, 4) is 34.6 Å². The highest BCUT2D eigenvalue weighted by Crippen LogP contribution is 2.33. The highest BCUT2D eigenvalue weighted by Gasteiger charge is 2.16. The summed E-state index contributed by atoms with van der Waals surface area (Å²) in [6.07, 6.45) is 8.39. The van der Waals surface area contributed by atoms with Gasteiger partial charge in [-0.25, -0.2) is 10.9 Å². The van der Waals surface area contributed by atoms with Crippen molar-refractivity contribution in [3.05, 3.63) is 71.9 Å². The number of hydrogen-bond donors (Lipinski definition) is 1. The van der Waals surface area contributed by atoms with Gasteiger partial charge in [-0.3, -0.25) is 0 Å². The Morgan fingerprint density at radius 2 is 1.33 bits per heavy atom. The van der Waals surface area contributed by atoms with Crippen molar-refractivity contribution < 1.29 is 28.2 Å². The summed E-state index contributed by atoms with van der Waals surface area (Å²) in [7, 11) is 3.28. The van der Waals surface area contributed by atoms with Crippen molar-refractivity contribution in [2.45, 2.75) is 57.0 Å². The van der Waals surface area contributed by atoms with E-state index in [-0.39, 0.29) is 0 Å². The molecule has 10 nitrogen and oxygen atoms in total. The number of methoxy groups -OCH3 is 2. The summed E-state index contributed by atoms with van der Waals surface area (Å²) in [5.41, 5.74) is 2.48. The molecule has 4 aromatic rings. The van der Waals surface area contributed by atoms with Gasteiger partial charge < -0.3 is 28.2 Å². The number of rotatable bonds is 19. The number of benzene rings is 2. The van der Waals surface area contributed by atoms with Crippen LogP contribution in [0.25, 0.3) is 11.6 Å². The van der Waals surface area contributed by atoms with Gasteiger partial charge in [0.1, 0.15) is 30.4 Å². The van der Waals surface area contributed by atoms with Gasteiger partial charge in [0.15, 0.2) is 11.5 Å². The molecule has 0 radical (unpaired) electrons. The largest absolute Gasteiger partial charge is 0.497 e. The van der Waals surface area contributed by atoms with Crippen LogP contribution in [-0.4, -0.2) is 41.8 Å². The second-order valence-electron chi connectivity index (χ2n) is 9.50. The van der Waals surface area contributed by atoms with E-state index in [4.69, 9.17) is 29.3 Å². The first kappa shape index (κ1) is 31.1. The first-order valence-electron chi connectivity index (χ1n) is 14.0. The molecule has 0 atom stereocenters. The average molecular weight is 595 g/mol. The number of nitrogens with zero attached hydrogens (tertiary/aromatic N) is 3. The summed E-state index contributed by atoms with van der Waals surface area (Å²) in [5, 5.41) is 8.94. The number of unbranched alkanes of at least 4 members (excludes halogenated alkanes) is 5. The predicted octanol–water partition coefficient (Wildman–Crippen LogP) is 6.63. The van der Waals surface area contributed by atoms with Crippen molar-refractivity contribution in [1.29, 1.82) is 0 Å². The number of hydrogen-bond acceptors (Lipinski definition) is 11. The maximum atomic E-state index is 6.19. The first-order valence-corrected chi connectivity index (χ1v) is 15.0. The minimum atomic E-state index is 0.329. The van der Waals surface area contributed by atoms with Crippen LogP contribution in [0.1, 0.15) is 49.7 Å². The van der Waals surface area contributed by atoms with Gasteiger partial charge in [0.25, 0.3) is 11.1 Å². The van der Waals surface area contributed by atoms with Gasteiger partial charge in [-0.1, -0.05) is 61.7 Å². The van der Waals surface area contributed by atoms with Gasteiger partial charge in [0.2, 0.25) is 0 Å². The van der Waals surface area contributed by atoms with Crippen LogP contribution in [0.2, 0.25) is 0 Å². The lowest BCUT2D eigenvalue weighted by Gasteiger charge is -2.14. The molecular formula is C31H38N4O6S. The third-order valence-corrected chi connectivity index (χ3v) is 7.35. The second kappa shape index (κ2) is 17.2. The van der Waals surface area contributed by atoms with E-state index < -0.39 is 0 Å². The van der Waals surface area contributed by atoms with Gasteiger partial charge >= 0.3 is 0 Å². The number of nitrogens with two attached hydrogens (primary N) is 1. The Bertz CT molecular complexity index is 1330. The Morgan fingerprint density at radius 3 is 1.95 bits per heavy atom. The zero-order valence-corrected chi connectivity index (χ0v) is 24.9. The zero-order chi connectivity index (χ0) is 29.4. The molecule has 42 heavy (non-hydrogen) atoms. The highest BCUT2D eigenvalue weighted by molar-refractivity contribution is 7.99. The van der Waals surface area contributed by atoms with Crippen LogP contribution in [0.15, 0.2) is 70.4 Å². The van der Waals surface area contributed by atoms with Crippen LogP contribution in [0.3, 0.4) is 0 Å². The minimum Gasteiger partial charge on any atom is -0.497 e. The maximum absolute atomic E-state index is 6.19. The molecule has 0 saturated heterocycles. The summed E-state index contributed by atoms with van der Waals surface area (Å²) in [6, 6.07) is 17.2. The van der Waals surface area contributed by atoms with E-state index in [2.05, 4.69) is 20.0 Å². The summed E-state index contributed by atoms with van der Waals surface area (Å²) < 4.78 is 28.7. The molecule has 4 rings (SSSR count). The molecule has 0 saturated carbocycles. The van der Waals surface area contributed by atoms with E-state index in [1.165, 1.54) is 12.8 Å². The molecule has 0 aliphatic carbocycles. The molecule has 11 heteroatoms. The first-order chi connectivity index (χ1) is 20.7. The normalized spacial score (nSPS) is 10.9. The van der Waals surface area contributed by atoms with Crippen molar-refractivity contribution in [3.63, 3.8) is 0 Å². The molecule has 2 aromatic carbocycles. The molecule has 0 aliphatic heterocycles. The van der Waals surface area contributed by atoms with Crippen LogP contribution in [0.5, 0.6) is 23.0 Å². The fourth-order valence-corrected chi connectivity index (χ4v) is 4.81. The van der Waals surface area contributed by atoms with Crippen molar-refractivity contribution in [2.75, 3.05) is 26.6 Å². The fourth-order valence-electron chi connectivity index (χ4n) is 4.05. The van der Waals surface area contributed by atoms with E-state index in [9.17, 15) is 0 Å². The van der Waals surface area contributed by atoms with Gasteiger partial charge in [-0.05, 0) is 48.2 Å². The predicted molar refractivity (Wildman–Crippen MR) is 161 cm³/mol. The number of pyridine rings is 1. The molecular weight excluding hydrogens is 556 g/mol. The van der Waals surface area contributed by atoms with E-state index in [1.54, 1.807) is 38.2 Å². The highest BCUT2D eigenvalue weighted by atomic mass is 32.2. The summed E-state index contributed by atoms with van der Waals surface area (Å²) in [5.74, 6) is 8.90. The van der Waals surface area contributed by atoms with Crippen LogP contribution in [-0.2, 0) is 18.1 Å². The molecule has 0 spiro atoms. The summed E-state index contributed by atoms with van der Waals surface area (Å²) >= 11 is 1.55. The fraction of sp³-hybridized carbons (Fsp3) is 0.387. The van der Waals surface area contributed by atoms with Crippen LogP contribution >= 0.6 is 11.8 Å². The summed E-state index contributed by atoms with van der Waals surface area (Å²) in [6.45, 7) is 1.30. The Hall–Kier alpha value is -3.80.